The number of thioether (sulfide) groups is 1. The van der Waals surface area contributed by atoms with Gasteiger partial charge >= 0.3 is 0 Å². The maximum Gasteiger partial charge on any atom is 0.252 e. The molecule has 17 heavy (non-hydrogen) atoms. The third kappa shape index (κ3) is 3.10. The second kappa shape index (κ2) is 5.05. The first-order valence-corrected chi connectivity index (χ1v) is 6.39. The summed E-state index contributed by atoms with van der Waals surface area (Å²) in [7, 11) is 0. The molecule has 0 aliphatic heterocycles. The highest BCUT2D eigenvalue weighted by molar-refractivity contribution is 7.98. The summed E-state index contributed by atoms with van der Waals surface area (Å²) in [5, 5.41) is 3.08. The normalized spacial score (nSPS) is 10.2. The molecule has 0 amide bonds. The molecule has 0 spiro atoms. The molecule has 0 aliphatic rings. The number of H-pyrrole nitrogens is 1. The number of nitrogens with zero attached hydrogens (tertiary/aromatic N) is 1. The first kappa shape index (κ1) is 11.7. The van der Waals surface area contributed by atoms with E-state index in [1.807, 2.05) is 30.5 Å². The van der Waals surface area contributed by atoms with Crippen LogP contribution in [-0.4, -0.2) is 16.2 Å². The quantitative estimate of drug-likeness (QED) is 0.818. The monoisotopic (exact) mass is 247 g/mol. The van der Waals surface area contributed by atoms with Crippen molar-refractivity contribution in [2.75, 3.05) is 11.6 Å². The van der Waals surface area contributed by atoms with Gasteiger partial charge in [0.15, 0.2) is 0 Å². The first-order valence-electron chi connectivity index (χ1n) is 5.16. The van der Waals surface area contributed by atoms with Gasteiger partial charge in [-0.2, -0.15) is 0 Å². The predicted octanol–water partition coefficient (Wildman–Crippen LogP) is 2.54. The van der Waals surface area contributed by atoms with Gasteiger partial charge in [-0.3, -0.25) is 9.78 Å². The Morgan fingerprint density at radius 1 is 1.35 bits per heavy atom. The van der Waals surface area contributed by atoms with Gasteiger partial charge in [0.05, 0.1) is 0 Å². The molecule has 0 saturated carbocycles. The van der Waals surface area contributed by atoms with E-state index in [0.29, 0.717) is 11.6 Å². The summed E-state index contributed by atoms with van der Waals surface area (Å²) in [6.45, 7) is 1.79. The Labute approximate surface area is 103 Å². The summed E-state index contributed by atoms with van der Waals surface area (Å²) < 4.78 is 0. The van der Waals surface area contributed by atoms with Gasteiger partial charge in [0.2, 0.25) is 5.95 Å². The number of aromatic amines is 1. The fourth-order valence-electron chi connectivity index (χ4n) is 1.48. The molecule has 0 aliphatic carbocycles. The van der Waals surface area contributed by atoms with E-state index in [-0.39, 0.29) is 5.56 Å². The van der Waals surface area contributed by atoms with Crippen molar-refractivity contribution in [3.8, 4) is 0 Å². The third-order valence-electron chi connectivity index (χ3n) is 2.20. The summed E-state index contributed by atoms with van der Waals surface area (Å²) in [5.74, 6) is 0.466. The van der Waals surface area contributed by atoms with Gasteiger partial charge in [-0.25, -0.2) is 4.98 Å². The Morgan fingerprint density at radius 2 is 2.18 bits per heavy atom. The molecule has 88 valence electrons. The Balaban J connectivity index is 2.27. The maximum atomic E-state index is 11.3. The number of hydrogen-bond donors (Lipinski definition) is 2. The number of aryl methyl sites for hydroxylation is 1. The van der Waals surface area contributed by atoms with E-state index in [9.17, 15) is 4.79 Å². The fourth-order valence-corrected chi connectivity index (χ4v) is 1.94. The van der Waals surface area contributed by atoms with Gasteiger partial charge in [0, 0.05) is 22.3 Å². The van der Waals surface area contributed by atoms with E-state index >= 15 is 0 Å². The number of nitrogens with one attached hydrogen (secondary N) is 2. The lowest BCUT2D eigenvalue weighted by Gasteiger charge is -2.06. The Bertz CT molecular complexity index is 580. The SMILES string of the molecule is CSc1cccc(Nc2nc(C)cc(=O)[nH]2)c1. The Hall–Kier alpha value is -1.75. The van der Waals surface area contributed by atoms with Gasteiger partial charge in [-0.05, 0) is 31.4 Å². The molecule has 4 nitrogen and oxygen atoms in total. The van der Waals surface area contributed by atoms with Crippen molar-refractivity contribution >= 4 is 23.4 Å². The zero-order chi connectivity index (χ0) is 12.3. The molecular weight excluding hydrogens is 234 g/mol. The lowest BCUT2D eigenvalue weighted by Crippen LogP contribution is -2.10. The highest BCUT2D eigenvalue weighted by atomic mass is 32.2. The first-order chi connectivity index (χ1) is 8.17. The average Bonchev–Trinajstić information content (AvgIpc) is 2.28. The molecule has 1 aromatic carbocycles. The van der Waals surface area contributed by atoms with Crippen LogP contribution < -0.4 is 10.9 Å². The molecule has 2 rings (SSSR count). The van der Waals surface area contributed by atoms with Crippen LogP contribution in [0, 0.1) is 6.92 Å². The molecule has 1 aromatic heterocycles. The van der Waals surface area contributed by atoms with Crippen molar-refractivity contribution in [3.05, 3.63) is 46.4 Å². The summed E-state index contributed by atoms with van der Waals surface area (Å²) in [4.78, 5) is 19.3. The number of aromatic nitrogens is 2. The standard InChI is InChI=1S/C12H13N3OS/c1-8-6-11(16)15-12(13-8)14-9-4-3-5-10(7-9)17-2/h3-7H,1-2H3,(H2,13,14,15,16). The van der Waals surface area contributed by atoms with E-state index < -0.39 is 0 Å². The Morgan fingerprint density at radius 3 is 2.88 bits per heavy atom. The van der Waals surface area contributed by atoms with Gasteiger partial charge in [0.1, 0.15) is 0 Å². The van der Waals surface area contributed by atoms with Gasteiger partial charge in [-0.1, -0.05) is 6.07 Å². The molecule has 0 unspecified atom stereocenters. The molecule has 0 saturated heterocycles. The van der Waals surface area contributed by atoms with Crippen LogP contribution >= 0.6 is 11.8 Å². The van der Waals surface area contributed by atoms with Crippen LogP contribution in [0.3, 0.4) is 0 Å². The zero-order valence-electron chi connectivity index (χ0n) is 9.65. The van der Waals surface area contributed by atoms with Crippen molar-refractivity contribution in [2.24, 2.45) is 0 Å². The van der Waals surface area contributed by atoms with Crippen molar-refractivity contribution in [2.45, 2.75) is 11.8 Å². The average molecular weight is 247 g/mol. The molecule has 5 heteroatoms. The number of rotatable bonds is 3. The Kier molecular flexibility index (Phi) is 3.49. The van der Waals surface area contributed by atoms with Gasteiger partial charge in [-0.15, -0.1) is 11.8 Å². The smallest absolute Gasteiger partial charge is 0.252 e. The van der Waals surface area contributed by atoms with Crippen molar-refractivity contribution < 1.29 is 0 Å². The third-order valence-corrected chi connectivity index (χ3v) is 2.93. The minimum atomic E-state index is -0.152. The molecule has 0 bridgehead atoms. The summed E-state index contributed by atoms with van der Waals surface area (Å²) in [6.07, 6.45) is 2.02. The van der Waals surface area contributed by atoms with Crippen LogP contribution in [0.5, 0.6) is 0 Å². The fraction of sp³-hybridized carbons (Fsp3) is 0.167. The topological polar surface area (TPSA) is 57.8 Å². The number of anilines is 2. The van der Waals surface area contributed by atoms with E-state index in [1.54, 1.807) is 18.7 Å². The molecule has 0 radical (unpaired) electrons. The number of hydrogen-bond acceptors (Lipinski definition) is 4. The minimum absolute atomic E-state index is 0.152. The summed E-state index contributed by atoms with van der Waals surface area (Å²) >= 11 is 1.67. The van der Waals surface area contributed by atoms with Crippen molar-refractivity contribution in [1.82, 2.24) is 9.97 Å². The van der Waals surface area contributed by atoms with Crippen LogP contribution in [0.4, 0.5) is 11.6 Å². The minimum Gasteiger partial charge on any atom is -0.326 e. The largest absolute Gasteiger partial charge is 0.326 e. The maximum absolute atomic E-state index is 11.3. The molecular formula is C12H13N3OS. The van der Waals surface area contributed by atoms with Crippen LogP contribution in [0.25, 0.3) is 0 Å². The van der Waals surface area contributed by atoms with Crippen LogP contribution in [-0.2, 0) is 0 Å². The highest BCUT2D eigenvalue weighted by Crippen LogP contribution is 2.20. The van der Waals surface area contributed by atoms with Crippen LogP contribution in [0.1, 0.15) is 5.69 Å². The molecule has 0 atom stereocenters. The summed E-state index contributed by atoms with van der Waals surface area (Å²) in [6, 6.07) is 9.39. The molecule has 0 fully saturated rings. The molecule has 1 heterocycles. The highest BCUT2D eigenvalue weighted by Gasteiger charge is 1.99. The zero-order valence-corrected chi connectivity index (χ0v) is 10.5. The van der Waals surface area contributed by atoms with Crippen molar-refractivity contribution in [1.29, 1.82) is 0 Å². The van der Waals surface area contributed by atoms with E-state index in [4.69, 9.17) is 0 Å². The van der Waals surface area contributed by atoms with E-state index in [1.165, 1.54) is 6.07 Å². The predicted molar refractivity (Wildman–Crippen MR) is 71.1 cm³/mol. The van der Waals surface area contributed by atoms with E-state index in [0.717, 1.165) is 10.6 Å². The van der Waals surface area contributed by atoms with Crippen LogP contribution in [0.2, 0.25) is 0 Å². The van der Waals surface area contributed by atoms with Gasteiger partial charge < -0.3 is 5.32 Å². The summed E-state index contributed by atoms with van der Waals surface area (Å²) in [5.41, 5.74) is 1.45. The lowest BCUT2D eigenvalue weighted by atomic mass is 10.3. The van der Waals surface area contributed by atoms with Crippen molar-refractivity contribution in [3.63, 3.8) is 0 Å². The molecule has 2 N–H and O–H groups in total. The van der Waals surface area contributed by atoms with Gasteiger partial charge in [0.25, 0.3) is 5.56 Å². The second-order valence-electron chi connectivity index (χ2n) is 3.59. The molecule has 2 aromatic rings. The van der Waals surface area contributed by atoms with E-state index in [2.05, 4.69) is 15.3 Å². The lowest BCUT2D eigenvalue weighted by molar-refractivity contribution is 1.07. The second-order valence-corrected chi connectivity index (χ2v) is 4.47. The number of benzene rings is 1. The van der Waals surface area contributed by atoms with Crippen LogP contribution in [0.15, 0.2) is 40.0 Å².